The van der Waals surface area contributed by atoms with Crippen LogP contribution < -0.4 is 0 Å². The minimum Gasteiger partial charge on any atom is -0.466 e. The van der Waals surface area contributed by atoms with Gasteiger partial charge in [0, 0.05) is 51.4 Å². The molecule has 0 spiro atoms. The summed E-state index contributed by atoms with van der Waals surface area (Å²) in [5.41, 5.74) is 0. The van der Waals surface area contributed by atoms with Crippen LogP contribution in [0.25, 0.3) is 0 Å². The van der Waals surface area contributed by atoms with Crippen LogP contribution in [0.5, 0.6) is 0 Å². The van der Waals surface area contributed by atoms with E-state index in [2.05, 4.69) is 23.0 Å². The topological polar surface area (TPSA) is 112 Å². The van der Waals surface area contributed by atoms with E-state index in [4.69, 9.17) is 18.9 Å². The van der Waals surface area contributed by atoms with Gasteiger partial charge in [-0.25, -0.2) is 9.59 Å². The second kappa shape index (κ2) is 18.7. The van der Waals surface area contributed by atoms with E-state index in [9.17, 15) is 19.2 Å². The number of nitrogens with zero attached hydrogens (tertiary/aromatic N) is 2. The van der Waals surface area contributed by atoms with Crippen molar-refractivity contribution in [1.82, 2.24) is 9.80 Å². The zero-order chi connectivity index (χ0) is 25.0. The Hall–Kier alpha value is -2.72. The SMILES string of the molecule is C=CC(=O)OCCCCOC(=O)CCN1CCN(CCC(=O)OCCCCOC(=O)C=C)CC1. The predicted molar refractivity (Wildman–Crippen MR) is 125 cm³/mol. The van der Waals surface area contributed by atoms with Gasteiger partial charge in [-0.1, -0.05) is 13.2 Å². The highest BCUT2D eigenvalue weighted by molar-refractivity contribution is 5.81. The van der Waals surface area contributed by atoms with Crippen LogP contribution in [0.15, 0.2) is 25.3 Å². The number of ether oxygens (including phenoxy) is 4. The van der Waals surface area contributed by atoms with Crippen molar-refractivity contribution >= 4 is 23.9 Å². The molecule has 1 saturated heterocycles. The van der Waals surface area contributed by atoms with Crippen LogP contribution in [-0.2, 0) is 38.1 Å². The molecule has 1 aliphatic heterocycles. The van der Waals surface area contributed by atoms with Crippen molar-refractivity contribution < 1.29 is 38.1 Å². The van der Waals surface area contributed by atoms with Gasteiger partial charge < -0.3 is 28.7 Å². The van der Waals surface area contributed by atoms with Gasteiger partial charge in [-0.2, -0.15) is 0 Å². The molecule has 0 N–H and O–H groups in total. The summed E-state index contributed by atoms with van der Waals surface area (Å²) in [5, 5.41) is 0. The summed E-state index contributed by atoms with van der Waals surface area (Å²) in [7, 11) is 0. The Morgan fingerprint density at radius 1 is 0.588 bits per heavy atom. The minimum absolute atomic E-state index is 0.230. The van der Waals surface area contributed by atoms with Gasteiger partial charge in [0.05, 0.1) is 39.3 Å². The Balaban J connectivity index is 1.98. The van der Waals surface area contributed by atoms with E-state index in [1.165, 1.54) is 0 Å². The summed E-state index contributed by atoms with van der Waals surface area (Å²) in [6, 6.07) is 0. The second-order valence-corrected chi connectivity index (χ2v) is 7.78. The molecule has 0 amide bonds. The molecule has 0 aromatic carbocycles. The van der Waals surface area contributed by atoms with Gasteiger partial charge in [-0.05, 0) is 25.7 Å². The van der Waals surface area contributed by atoms with E-state index in [1.807, 2.05) is 0 Å². The summed E-state index contributed by atoms with van der Waals surface area (Å²) in [4.78, 5) is 50.0. The van der Waals surface area contributed by atoms with E-state index in [-0.39, 0.29) is 11.9 Å². The molecule has 0 radical (unpaired) electrons. The average Bonchev–Trinajstić information content (AvgIpc) is 2.85. The summed E-state index contributed by atoms with van der Waals surface area (Å²) in [6.45, 7) is 12.5. The van der Waals surface area contributed by atoms with Gasteiger partial charge >= 0.3 is 23.9 Å². The molecular formula is C24H38N2O8. The minimum atomic E-state index is -0.450. The van der Waals surface area contributed by atoms with E-state index in [0.29, 0.717) is 78.0 Å². The third kappa shape index (κ3) is 15.2. The first-order chi connectivity index (χ1) is 16.4. The Morgan fingerprint density at radius 2 is 0.912 bits per heavy atom. The number of hydrogen-bond donors (Lipinski definition) is 0. The first-order valence-corrected chi connectivity index (χ1v) is 11.8. The molecule has 0 bridgehead atoms. The van der Waals surface area contributed by atoms with Crippen LogP contribution in [0, 0.1) is 0 Å². The zero-order valence-corrected chi connectivity index (χ0v) is 20.0. The lowest BCUT2D eigenvalue weighted by Crippen LogP contribution is -2.47. The van der Waals surface area contributed by atoms with Gasteiger partial charge in [-0.3, -0.25) is 9.59 Å². The highest BCUT2D eigenvalue weighted by Crippen LogP contribution is 2.05. The molecule has 0 aromatic heterocycles. The van der Waals surface area contributed by atoms with E-state index < -0.39 is 11.9 Å². The molecule has 0 saturated carbocycles. The first-order valence-electron chi connectivity index (χ1n) is 11.8. The molecule has 192 valence electrons. The Kier molecular flexibility index (Phi) is 16.1. The molecule has 0 unspecified atom stereocenters. The van der Waals surface area contributed by atoms with Crippen LogP contribution in [0.3, 0.4) is 0 Å². The maximum atomic E-state index is 11.9. The highest BCUT2D eigenvalue weighted by Gasteiger charge is 2.18. The number of carbonyl (C=O) groups excluding carboxylic acids is 4. The largest absolute Gasteiger partial charge is 0.466 e. The van der Waals surface area contributed by atoms with Crippen molar-refractivity contribution in [3.63, 3.8) is 0 Å². The molecule has 0 aromatic rings. The Bertz CT molecular complexity index is 603. The molecule has 10 heteroatoms. The summed E-state index contributed by atoms with van der Waals surface area (Å²) < 4.78 is 20.1. The van der Waals surface area contributed by atoms with Crippen LogP contribution in [0.4, 0.5) is 0 Å². The lowest BCUT2D eigenvalue weighted by molar-refractivity contribution is -0.145. The molecule has 1 aliphatic rings. The molecule has 1 rings (SSSR count). The van der Waals surface area contributed by atoms with Crippen molar-refractivity contribution in [3.05, 3.63) is 25.3 Å². The number of carbonyl (C=O) groups is 4. The number of piperazine rings is 1. The zero-order valence-electron chi connectivity index (χ0n) is 20.0. The van der Waals surface area contributed by atoms with Gasteiger partial charge in [0.1, 0.15) is 0 Å². The highest BCUT2D eigenvalue weighted by atomic mass is 16.5. The van der Waals surface area contributed by atoms with E-state index >= 15 is 0 Å². The van der Waals surface area contributed by atoms with Gasteiger partial charge in [0.15, 0.2) is 0 Å². The van der Waals surface area contributed by atoms with Crippen molar-refractivity contribution in [2.45, 2.75) is 38.5 Å². The molecule has 0 atom stereocenters. The van der Waals surface area contributed by atoms with Crippen LogP contribution >= 0.6 is 0 Å². The normalized spacial score (nSPS) is 14.1. The fraction of sp³-hybridized carbons (Fsp3) is 0.667. The molecule has 1 fully saturated rings. The van der Waals surface area contributed by atoms with Gasteiger partial charge in [0.25, 0.3) is 0 Å². The van der Waals surface area contributed by atoms with Crippen LogP contribution in [-0.4, -0.2) is 99.4 Å². The standard InChI is InChI=1S/C24H38N2O8/c1-3-21(27)31-17-5-7-19-33-23(29)9-11-25-13-15-26(16-14-25)12-10-24(30)34-20-8-6-18-32-22(28)4-2/h3-4H,1-2,5-20H2. The average molecular weight is 483 g/mol. The third-order valence-corrected chi connectivity index (χ3v) is 5.15. The number of unbranched alkanes of at least 4 members (excludes halogenated alkanes) is 2. The van der Waals surface area contributed by atoms with E-state index in [1.54, 1.807) is 0 Å². The summed E-state index contributed by atoms with van der Waals surface area (Å²) in [6.07, 6.45) is 5.46. The van der Waals surface area contributed by atoms with Crippen molar-refractivity contribution in [1.29, 1.82) is 0 Å². The molecule has 0 aliphatic carbocycles. The molecule has 1 heterocycles. The lowest BCUT2D eigenvalue weighted by atomic mass is 10.2. The van der Waals surface area contributed by atoms with Crippen LogP contribution in [0.2, 0.25) is 0 Å². The number of rotatable bonds is 18. The first kappa shape index (κ1) is 29.3. The number of esters is 4. The Labute approximate surface area is 201 Å². The Morgan fingerprint density at radius 3 is 1.24 bits per heavy atom. The molecular weight excluding hydrogens is 444 g/mol. The maximum absolute atomic E-state index is 11.9. The van der Waals surface area contributed by atoms with Gasteiger partial charge in [0.2, 0.25) is 0 Å². The molecule has 10 nitrogen and oxygen atoms in total. The maximum Gasteiger partial charge on any atom is 0.330 e. The summed E-state index contributed by atoms with van der Waals surface area (Å²) >= 11 is 0. The van der Waals surface area contributed by atoms with Crippen LogP contribution in [0.1, 0.15) is 38.5 Å². The predicted octanol–water partition coefficient (Wildman–Crippen LogP) is 1.49. The third-order valence-electron chi connectivity index (χ3n) is 5.15. The van der Waals surface area contributed by atoms with E-state index in [0.717, 1.165) is 38.3 Å². The lowest BCUT2D eigenvalue weighted by Gasteiger charge is -2.34. The van der Waals surface area contributed by atoms with Crippen molar-refractivity contribution in [2.24, 2.45) is 0 Å². The number of hydrogen-bond acceptors (Lipinski definition) is 10. The molecule has 34 heavy (non-hydrogen) atoms. The summed E-state index contributed by atoms with van der Waals surface area (Å²) in [5.74, 6) is -1.36. The smallest absolute Gasteiger partial charge is 0.330 e. The van der Waals surface area contributed by atoms with Crippen molar-refractivity contribution in [3.8, 4) is 0 Å². The van der Waals surface area contributed by atoms with Gasteiger partial charge in [-0.15, -0.1) is 0 Å². The van der Waals surface area contributed by atoms with Crippen molar-refractivity contribution in [2.75, 3.05) is 65.7 Å². The fourth-order valence-corrected chi connectivity index (χ4v) is 3.12. The quantitative estimate of drug-likeness (QED) is 0.123. The second-order valence-electron chi connectivity index (χ2n) is 7.78. The monoisotopic (exact) mass is 482 g/mol. The fourth-order valence-electron chi connectivity index (χ4n) is 3.12.